The Morgan fingerprint density at radius 3 is 2.61 bits per heavy atom. The molecule has 0 N–H and O–H groups in total. The lowest BCUT2D eigenvalue weighted by Gasteiger charge is -2.46. The zero-order chi connectivity index (χ0) is 21.6. The summed E-state index contributed by atoms with van der Waals surface area (Å²) in [6.07, 6.45) is 3.26. The quantitative estimate of drug-likeness (QED) is 0.647. The Balaban J connectivity index is 1.35. The molecule has 3 aromatic rings. The maximum atomic E-state index is 13.2. The van der Waals surface area contributed by atoms with Gasteiger partial charge in [-0.3, -0.25) is 14.5 Å². The lowest BCUT2D eigenvalue weighted by molar-refractivity contribution is -0.123. The number of aryl methyl sites for hydroxylation is 1. The van der Waals surface area contributed by atoms with Gasteiger partial charge in [-0.15, -0.1) is 0 Å². The smallest absolute Gasteiger partial charge is 0.253 e. The van der Waals surface area contributed by atoms with Crippen LogP contribution in [0.2, 0.25) is 0 Å². The molecule has 0 bridgehead atoms. The largest absolute Gasteiger partial charge is 0.361 e. The summed E-state index contributed by atoms with van der Waals surface area (Å²) < 4.78 is 20.2. The Bertz CT molecular complexity index is 1130. The van der Waals surface area contributed by atoms with E-state index in [4.69, 9.17) is 4.52 Å². The van der Waals surface area contributed by atoms with Gasteiger partial charge in [-0.2, -0.15) is 5.10 Å². The standard InChI is InChI=1S/C22H22FN5O3/c1-15-12-18(25-31-15)14-27-19-6-9-24-28(19)22(13-20(27)29)7-10-26(11-8-22)21(30)16-2-4-17(23)5-3-16/h2-6,9,12H,7-8,10-11,13-14H2,1H3. The minimum absolute atomic E-state index is 0.00645. The summed E-state index contributed by atoms with van der Waals surface area (Å²) in [5, 5.41) is 8.54. The highest BCUT2D eigenvalue weighted by Crippen LogP contribution is 2.41. The first-order chi connectivity index (χ1) is 14.9. The van der Waals surface area contributed by atoms with E-state index in [0.29, 0.717) is 55.9 Å². The van der Waals surface area contributed by atoms with E-state index >= 15 is 0 Å². The fourth-order valence-electron chi connectivity index (χ4n) is 4.56. The van der Waals surface area contributed by atoms with Gasteiger partial charge in [0.05, 0.1) is 24.7 Å². The third-order valence-electron chi connectivity index (χ3n) is 6.20. The Hall–Kier alpha value is -3.49. The third kappa shape index (κ3) is 3.39. The van der Waals surface area contributed by atoms with Crippen LogP contribution in [0, 0.1) is 12.7 Å². The van der Waals surface area contributed by atoms with E-state index in [0.717, 1.165) is 5.82 Å². The van der Waals surface area contributed by atoms with Crippen LogP contribution in [0.25, 0.3) is 0 Å². The van der Waals surface area contributed by atoms with E-state index < -0.39 is 5.54 Å². The molecule has 2 aromatic heterocycles. The number of halogens is 1. The molecule has 1 aromatic carbocycles. The van der Waals surface area contributed by atoms with Gasteiger partial charge in [0.15, 0.2) is 0 Å². The minimum Gasteiger partial charge on any atom is -0.361 e. The SMILES string of the molecule is Cc1cc(CN2C(=O)CC3(CCN(C(=O)c4ccc(F)cc4)CC3)n3nccc32)no1. The summed E-state index contributed by atoms with van der Waals surface area (Å²) in [5.74, 6) is 0.942. The molecule has 9 heteroatoms. The van der Waals surface area contributed by atoms with Crippen LogP contribution in [0.3, 0.4) is 0 Å². The number of anilines is 1. The molecule has 0 unspecified atom stereocenters. The number of nitrogens with zero attached hydrogens (tertiary/aromatic N) is 5. The van der Waals surface area contributed by atoms with Crippen LogP contribution in [0.5, 0.6) is 0 Å². The Kier molecular flexibility index (Phi) is 4.60. The number of hydrogen-bond acceptors (Lipinski definition) is 5. The second kappa shape index (κ2) is 7.33. The Labute approximate surface area is 178 Å². The molecule has 2 aliphatic heterocycles. The molecule has 0 radical (unpaired) electrons. The van der Waals surface area contributed by atoms with Gasteiger partial charge in [-0.05, 0) is 44.0 Å². The summed E-state index contributed by atoms with van der Waals surface area (Å²) in [6, 6.07) is 9.24. The van der Waals surface area contributed by atoms with Gasteiger partial charge in [0, 0.05) is 30.8 Å². The van der Waals surface area contributed by atoms with Crippen molar-refractivity contribution in [1.82, 2.24) is 19.8 Å². The molecule has 160 valence electrons. The summed E-state index contributed by atoms with van der Waals surface area (Å²) >= 11 is 0. The van der Waals surface area contributed by atoms with E-state index in [-0.39, 0.29) is 17.6 Å². The number of rotatable bonds is 3. The molecule has 5 rings (SSSR count). The highest BCUT2D eigenvalue weighted by molar-refractivity contribution is 5.95. The number of carbonyl (C=O) groups is 2. The van der Waals surface area contributed by atoms with Gasteiger partial charge in [-0.1, -0.05) is 5.16 Å². The van der Waals surface area contributed by atoms with Crippen molar-refractivity contribution < 1.29 is 18.5 Å². The Morgan fingerprint density at radius 2 is 1.94 bits per heavy atom. The number of carbonyl (C=O) groups excluding carboxylic acids is 2. The summed E-state index contributed by atoms with van der Waals surface area (Å²) in [6.45, 7) is 3.15. The van der Waals surface area contributed by atoms with Gasteiger partial charge in [0.25, 0.3) is 5.91 Å². The van der Waals surface area contributed by atoms with Crippen molar-refractivity contribution in [3.8, 4) is 0 Å². The van der Waals surface area contributed by atoms with Crippen molar-refractivity contribution in [3.05, 3.63) is 65.4 Å². The summed E-state index contributed by atoms with van der Waals surface area (Å²) in [7, 11) is 0. The molecule has 2 aliphatic rings. The van der Waals surface area contributed by atoms with Crippen LogP contribution in [0.1, 0.15) is 41.1 Å². The molecule has 1 fully saturated rings. The van der Waals surface area contributed by atoms with Crippen LogP contribution in [-0.4, -0.2) is 44.7 Å². The van der Waals surface area contributed by atoms with E-state index in [1.807, 2.05) is 23.7 Å². The zero-order valence-electron chi connectivity index (χ0n) is 17.1. The second-order valence-corrected chi connectivity index (χ2v) is 8.21. The molecule has 8 nitrogen and oxygen atoms in total. The van der Waals surface area contributed by atoms with Gasteiger partial charge in [0.1, 0.15) is 23.1 Å². The minimum atomic E-state index is -0.453. The molecular formula is C22H22FN5O3. The number of fused-ring (bicyclic) bond motifs is 2. The monoisotopic (exact) mass is 423 g/mol. The van der Waals surface area contributed by atoms with E-state index in [1.54, 1.807) is 16.0 Å². The number of piperidine rings is 1. The van der Waals surface area contributed by atoms with Crippen molar-refractivity contribution in [2.75, 3.05) is 18.0 Å². The number of hydrogen-bond donors (Lipinski definition) is 0. The van der Waals surface area contributed by atoms with Crippen molar-refractivity contribution >= 4 is 17.6 Å². The van der Waals surface area contributed by atoms with E-state index in [2.05, 4.69) is 10.3 Å². The molecule has 4 heterocycles. The first-order valence-electron chi connectivity index (χ1n) is 10.3. The summed E-state index contributed by atoms with van der Waals surface area (Å²) in [5.41, 5.74) is 0.700. The van der Waals surface area contributed by atoms with Crippen molar-refractivity contribution in [2.45, 2.75) is 38.3 Å². The van der Waals surface area contributed by atoms with Gasteiger partial charge in [-0.25, -0.2) is 9.07 Å². The van der Waals surface area contributed by atoms with Crippen molar-refractivity contribution in [1.29, 1.82) is 0 Å². The maximum Gasteiger partial charge on any atom is 0.253 e. The normalized spacial score (nSPS) is 17.8. The molecule has 1 spiro atoms. The van der Waals surface area contributed by atoms with E-state index in [1.165, 1.54) is 24.3 Å². The average molecular weight is 423 g/mol. The Morgan fingerprint density at radius 1 is 1.19 bits per heavy atom. The molecule has 31 heavy (non-hydrogen) atoms. The molecule has 0 atom stereocenters. The fraction of sp³-hybridized carbons (Fsp3) is 0.364. The molecule has 2 amide bonds. The van der Waals surface area contributed by atoms with Crippen LogP contribution in [-0.2, 0) is 16.9 Å². The number of aromatic nitrogens is 3. The first-order valence-corrected chi connectivity index (χ1v) is 10.3. The lowest BCUT2D eigenvalue weighted by atomic mass is 9.82. The fourth-order valence-corrected chi connectivity index (χ4v) is 4.56. The molecule has 0 aliphatic carbocycles. The number of likely N-dealkylation sites (tertiary alicyclic amines) is 1. The summed E-state index contributed by atoms with van der Waals surface area (Å²) in [4.78, 5) is 29.4. The predicted molar refractivity (Wildman–Crippen MR) is 109 cm³/mol. The number of amides is 2. The molecule has 1 saturated heterocycles. The maximum absolute atomic E-state index is 13.2. The van der Waals surface area contributed by atoms with Crippen molar-refractivity contribution in [3.63, 3.8) is 0 Å². The van der Waals surface area contributed by atoms with Crippen LogP contribution >= 0.6 is 0 Å². The van der Waals surface area contributed by atoms with Gasteiger partial charge >= 0.3 is 0 Å². The first kappa shape index (κ1) is 19.5. The van der Waals surface area contributed by atoms with Crippen molar-refractivity contribution in [2.24, 2.45) is 0 Å². The van der Waals surface area contributed by atoms with E-state index in [9.17, 15) is 14.0 Å². The average Bonchev–Trinajstić information content (AvgIpc) is 3.41. The topological polar surface area (TPSA) is 84.5 Å². The predicted octanol–water partition coefficient (Wildman–Crippen LogP) is 2.89. The van der Waals surface area contributed by atoms with Gasteiger partial charge < -0.3 is 9.42 Å². The lowest BCUT2D eigenvalue weighted by Crippen LogP contribution is -2.54. The second-order valence-electron chi connectivity index (χ2n) is 8.21. The number of benzene rings is 1. The zero-order valence-corrected chi connectivity index (χ0v) is 17.1. The molecule has 0 saturated carbocycles. The third-order valence-corrected chi connectivity index (χ3v) is 6.20. The van der Waals surface area contributed by atoms with Gasteiger partial charge in [0.2, 0.25) is 5.91 Å². The molecular weight excluding hydrogens is 401 g/mol. The highest BCUT2D eigenvalue weighted by atomic mass is 19.1. The highest BCUT2D eigenvalue weighted by Gasteiger charge is 2.46. The van der Waals surface area contributed by atoms with Crippen LogP contribution in [0.15, 0.2) is 47.1 Å². The van der Waals surface area contributed by atoms with Crippen LogP contribution < -0.4 is 4.90 Å². The van der Waals surface area contributed by atoms with Crippen LogP contribution in [0.4, 0.5) is 10.2 Å².